The Hall–Kier alpha value is -1.34. The number of methoxy groups -OCH3 is 1. The van der Waals surface area contributed by atoms with E-state index in [-0.39, 0.29) is 19.0 Å². The van der Waals surface area contributed by atoms with Gasteiger partial charge in [0.2, 0.25) is 0 Å². The molecule has 0 saturated carbocycles. The zero-order valence-electron chi connectivity index (χ0n) is 11.8. The van der Waals surface area contributed by atoms with Crippen molar-refractivity contribution in [3.8, 4) is 0 Å². The molecular weight excluding hydrogens is 252 g/mol. The van der Waals surface area contributed by atoms with Crippen LogP contribution in [0.4, 0.5) is 4.79 Å². The summed E-state index contributed by atoms with van der Waals surface area (Å²) in [6, 6.07) is -0.275. The summed E-state index contributed by atoms with van der Waals surface area (Å²) in [5.41, 5.74) is 0. The zero-order valence-corrected chi connectivity index (χ0v) is 11.8. The molecule has 0 aliphatic carbocycles. The van der Waals surface area contributed by atoms with E-state index in [9.17, 15) is 9.59 Å². The van der Waals surface area contributed by atoms with E-state index >= 15 is 0 Å². The number of carboxylic acid groups (broad SMARTS) is 1. The monoisotopic (exact) mass is 276 g/mol. The van der Waals surface area contributed by atoms with Crippen LogP contribution in [-0.2, 0) is 9.53 Å². The zero-order chi connectivity index (χ0) is 14.8. The van der Waals surface area contributed by atoms with Crippen molar-refractivity contribution in [1.82, 2.24) is 10.2 Å². The molecule has 0 aromatic rings. The number of aliphatic hydroxyl groups is 1. The van der Waals surface area contributed by atoms with Gasteiger partial charge >= 0.3 is 12.0 Å². The van der Waals surface area contributed by atoms with Crippen molar-refractivity contribution in [2.24, 2.45) is 5.92 Å². The second-order valence-corrected chi connectivity index (χ2v) is 4.71. The molecule has 7 heteroatoms. The number of nitrogens with one attached hydrogen (secondary N) is 1. The van der Waals surface area contributed by atoms with E-state index in [0.29, 0.717) is 25.6 Å². The van der Waals surface area contributed by atoms with Gasteiger partial charge < -0.3 is 25.2 Å². The molecule has 0 aromatic heterocycles. The molecule has 2 amide bonds. The highest BCUT2D eigenvalue weighted by molar-refractivity contribution is 5.74. The third-order valence-electron chi connectivity index (χ3n) is 2.42. The van der Waals surface area contributed by atoms with Crippen LogP contribution in [0.15, 0.2) is 0 Å². The molecule has 0 saturated heterocycles. The smallest absolute Gasteiger partial charge is 0.332 e. The maximum absolute atomic E-state index is 11.9. The molecule has 0 rings (SSSR count). The summed E-state index contributed by atoms with van der Waals surface area (Å²) in [6.07, 6.45) is -1.46. The molecule has 0 aromatic carbocycles. The van der Waals surface area contributed by atoms with Crippen molar-refractivity contribution in [2.45, 2.75) is 26.4 Å². The van der Waals surface area contributed by atoms with Crippen LogP contribution in [0.5, 0.6) is 0 Å². The Bertz CT molecular complexity index is 283. The molecular formula is C12H24N2O5. The Balaban J connectivity index is 4.12. The summed E-state index contributed by atoms with van der Waals surface area (Å²) in [7, 11) is 1.56. The summed E-state index contributed by atoms with van der Waals surface area (Å²) < 4.78 is 4.94. The number of carboxylic acids is 1. The fourth-order valence-corrected chi connectivity index (χ4v) is 1.47. The molecule has 0 aliphatic rings. The van der Waals surface area contributed by atoms with Gasteiger partial charge in [0.05, 0.1) is 6.61 Å². The summed E-state index contributed by atoms with van der Waals surface area (Å²) in [5, 5.41) is 20.2. The van der Waals surface area contributed by atoms with Gasteiger partial charge in [-0.3, -0.25) is 0 Å². The van der Waals surface area contributed by atoms with E-state index in [2.05, 4.69) is 5.32 Å². The van der Waals surface area contributed by atoms with E-state index in [4.69, 9.17) is 14.9 Å². The van der Waals surface area contributed by atoms with Gasteiger partial charge in [-0.15, -0.1) is 0 Å². The third kappa shape index (κ3) is 8.39. The van der Waals surface area contributed by atoms with Gasteiger partial charge in [-0.2, -0.15) is 0 Å². The van der Waals surface area contributed by atoms with Gasteiger partial charge in [-0.05, 0) is 5.92 Å². The second kappa shape index (κ2) is 9.57. The molecule has 0 radical (unpaired) electrons. The van der Waals surface area contributed by atoms with Crippen molar-refractivity contribution < 1.29 is 24.5 Å². The van der Waals surface area contributed by atoms with Crippen LogP contribution in [0.25, 0.3) is 0 Å². The Morgan fingerprint density at radius 2 is 2.00 bits per heavy atom. The van der Waals surface area contributed by atoms with Crippen LogP contribution in [0.2, 0.25) is 0 Å². The average Bonchev–Trinajstić information content (AvgIpc) is 2.33. The number of aliphatic carboxylic acids is 1. The fraction of sp³-hybridized carbons (Fsp3) is 0.833. The maximum atomic E-state index is 11.9. The van der Waals surface area contributed by atoms with Crippen LogP contribution in [0, 0.1) is 5.92 Å². The second-order valence-electron chi connectivity index (χ2n) is 4.71. The normalized spacial score (nSPS) is 12.3. The number of urea groups is 1. The number of amides is 2. The van der Waals surface area contributed by atoms with Crippen molar-refractivity contribution >= 4 is 12.0 Å². The maximum Gasteiger partial charge on any atom is 0.332 e. The van der Waals surface area contributed by atoms with Crippen molar-refractivity contribution in [1.29, 1.82) is 0 Å². The number of hydrogen-bond donors (Lipinski definition) is 3. The number of ether oxygens (including phenoxy) is 1. The lowest BCUT2D eigenvalue weighted by Gasteiger charge is -2.24. The van der Waals surface area contributed by atoms with Gasteiger partial charge in [-0.25, -0.2) is 9.59 Å². The predicted molar refractivity (Wildman–Crippen MR) is 69.9 cm³/mol. The average molecular weight is 276 g/mol. The summed E-state index contributed by atoms with van der Waals surface area (Å²) in [6.45, 7) is 5.63. The lowest BCUT2D eigenvalue weighted by molar-refractivity contribution is -0.146. The van der Waals surface area contributed by atoms with Gasteiger partial charge in [0.1, 0.15) is 0 Å². The first kappa shape index (κ1) is 17.7. The Morgan fingerprint density at radius 1 is 1.37 bits per heavy atom. The standard InChI is InChI=1S/C12H24N2O5/c1-9(2)8-14(6-7-19-3)12(18)13-5-4-10(15)11(16)17/h9-10,15H,4-8H2,1-3H3,(H,13,18)(H,16,17)/t10-/m0/s1. The van der Waals surface area contributed by atoms with Crippen molar-refractivity contribution in [2.75, 3.05) is 33.4 Å². The Morgan fingerprint density at radius 3 is 2.47 bits per heavy atom. The molecule has 0 fully saturated rings. The minimum Gasteiger partial charge on any atom is -0.479 e. The minimum absolute atomic E-state index is 0.0130. The van der Waals surface area contributed by atoms with Crippen molar-refractivity contribution in [3.05, 3.63) is 0 Å². The largest absolute Gasteiger partial charge is 0.479 e. The molecule has 19 heavy (non-hydrogen) atoms. The Labute approximate surface area is 113 Å². The predicted octanol–water partition coefficient (Wildman–Crippen LogP) is 0.136. The number of hydrogen-bond acceptors (Lipinski definition) is 4. The van der Waals surface area contributed by atoms with Gasteiger partial charge in [0.25, 0.3) is 0 Å². The van der Waals surface area contributed by atoms with E-state index in [0.717, 1.165) is 0 Å². The topological polar surface area (TPSA) is 99.1 Å². The van der Waals surface area contributed by atoms with Crippen LogP contribution in [-0.4, -0.2) is 66.6 Å². The first-order chi connectivity index (χ1) is 8.88. The lowest BCUT2D eigenvalue weighted by Crippen LogP contribution is -2.44. The first-order valence-corrected chi connectivity index (χ1v) is 6.31. The molecule has 0 bridgehead atoms. The van der Waals surface area contributed by atoms with Gasteiger partial charge in [-0.1, -0.05) is 13.8 Å². The third-order valence-corrected chi connectivity index (χ3v) is 2.42. The SMILES string of the molecule is COCCN(CC(C)C)C(=O)NCC[C@H](O)C(=O)O. The fourth-order valence-electron chi connectivity index (χ4n) is 1.47. The van der Waals surface area contributed by atoms with Crippen LogP contribution in [0.3, 0.4) is 0 Å². The van der Waals surface area contributed by atoms with Crippen molar-refractivity contribution in [3.63, 3.8) is 0 Å². The van der Waals surface area contributed by atoms with Crippen LogP contribution < -0.4 is 5.32 Å². The summed E-state index contributed by atoms with van der Waals surface area (Å²) in [4.78, 5) is 23.9. The number of carbonyl (C=O) groups excluding carboxylic acids is 1. The molecule has 1 atom stereocenters. The quantitative estimate of drug-likeness (QED) is 0.556. The molecule has 0 heterocycles. The highest BCUT2D eigenvalue weighted by Gasteiger charge is 2.16. The summed E-state index contributed by atoms with van der Waals surface area (Å²) >= 11 is 0. The molecule has 3 N–H and O–H groups in total. The first-order valence-electron chi connectivity index (χ1n) is 6.31. The molecule has 0 aliphatic heterocycles. The molecule has 7 nitrogen and oxygen atoms in total. The van der Waals surface area contributed by atoms with Gasteiger partial charge in [0, 0.05) is 33.2 Å². The highest BCUT2D eigenvalue weighted by atomic mass is 16.5. The van der Waals surface area contributed by atoms with E-state index in [1.807, 2.05) is 13.8 Å². The Kier molecular flexibility index (Phi) is 8.90. The van der Waals surface area contributed by atoms with Gasteiger partial charge in [0.15, 0.2) is 6.10 Å². The number of nitrogens with zero attached hydrogens (tertiary/aromatic N) is 1. The van der Waals surface area contributed by atoms with Crippen LogP contribution >= 0.6 is 0 Å². The van der Waals surface area contributed by atoms with E-state index < -0.39 is 12.1 Å². The number of rotatable bonds is 9. The highest BCUT2D eigenvalue weighted by Crippen LogP contribution is 1.99. The van der Waals surface area contributed by atoms with E-state index in [1.54, 1.807) is 12.0 Å². The number of aliphatic hydroxyl groups excluding tert-OH is 1. The van der Waals surface area contributed by atoms with E-state index in [1.165, 1.54) is 0 Å². The number of carbonyl (C=O) groups is 2. The molecule has 0 unspecified atom stereocenters. The van der Waals surface area contributed by atoms with Crippen LogP contribution in [0.1, 0.15) is 20.3 Å². The molecule has 0 spiro atoms. The lowest BCUT2D eigenvalue weighted by atomic mass is 10.2. The minimum atomic E-state index is -1.45. The molecule has 112 valence electrons. The summed E-state index contributed by atoms with van der Waals surface area (Å²) in [5.74, 6) is -0.958.